The molecule has 4 aromatic carbocycles. The van der Waals surface area contributed by atoms with Crippen LogP contribution in [0, 0.1) is 0 Å². The zero-order chi connectivity index (χ0) is 59.6. The van der Waals surface area contributed by atoms with Gasteiger partial charge in [-0.25, -0.2) is 0 Å². The highest BCUT2D eigenvalue weighted by atomic mass is 16.2. The van der Waals surface area contributed by atoms with Gasteiger partial charge in [0.2, 0.25) is 17.7 Å². The molecule has 0 spiro atoms. The molecule has 4 rings (SSSR count). The SMILES string of the molecule is CCCCCCCCCCCCCCCCCC(=O)Nc1ccc(-c2cc(-c3ccc(NC(=O)CCCCCCCCCCCCCCCCC)cc3)cc(-c3ccc(NC(=O)CCCCCCCCCCCCCCCCC)cc3)c2)cc1. The second-order valence-corrected chi connectivity index (χ2v) is 25.3. The number of hydrogen-bond donors (Lipinski definition) is 3. The summed E-state index contributed by atoms with van der Waals surface area (Å²) in [7, 11) is 0. The van der Waals surface area contributed by atoms with Crippen molar-refractivity contribution in [3.05, 3.63) is 91.0 Å². The van der Waals surface area contributed by atoms with Crippen LogP contribution in [0.1, 0.15) is 329 Å². The summed E-state index contributed by atoms with van der Waals surface area (Å²) in [6, 6.07) is 31.3. The third kappa shape index (κ3) is 35.7. The fourth-order valence-corrected chi connectivity index (χ4v) is 12.0. The molecule has 0 unspecified atom stereocenters. The van der Waals surface area contributed by atoms with Crippen LogP contribution in [-0.4, -0.2) is 17.7 Å². The number of unbranched alkanes of at least 4 members (excludes halogenated alkanes) is 42. The van der Waals surface area contributed by atoms with Gasteiger partial charge in [-0.2, -0.15) is 0 Å². The van der Waals surface area contributed by atoms with Crippen molar-refractivity contribution in [2.24, 2.45) is 0 Å². The van der Waals surface area contributed by atoms with E-state index in [2.05, 4.69) is 91.3 Å². The molecule has 468 valence electrons. The smallest absolute Gasteiger partial charge is 0.224 e. The summed E-state index contributed by atoms with van der Waals surface area (Å²) in [6.45, 7) is 6.85. The minimum Gasteiger partial charge on any atom is -0.326 e. The van der Waals surface area contributed by atoms with Crippen LogP contribution in [-0.2, 0) is 14.4 Å². The van der Waals surface area contributed by atoms with Crippen molar-refractivity contribution in [1.29, 1.82) is 0 Å². The van der Waals surface area contributed by atoms with Crippen molar-refractivity contribution in [1.82, 2.24) is 0 Å². The van der Waals surface area contributed by atoms with Crippen molar-refractivity contribution >= 4 is 34.8 Å². The van der Waals surface area contributed by atoms with Gasteiger partial charge in [-0.1, -0.05) is 327 Å². The van der Waals surface area contributed by atoms with Gasteiger partial charge < -0.3 is 16.0 Å². The Hall–Kier alpha value is -4.71. The monoisotopic (exact) mass is 1150 g/mol. The molecule has 4 aromatic rings. The first kappa shape index (κ1) is 71.8. The van der Waals surface area contributed by atoms with Gasteiger partial charge in [0.25, 0.3) is 0 Å². The fraction of sp³-hybridized carbons (Fsp3) is 0.654. The molecule has 0 aliphatic carbocycles. The zero-order valence-electron chi connectivity index (χ0n) is 54.3. The molecule has 6 heteroatoms. The maximum Gasteiger partial charge on any atom is 0.224 e. The van der Waals surface area contributed by atoms with Crippen LogP contribution < -0.4 is 16.0 Å². The average Bonchev–Trinajstić information content (AvgIpc) is 3.64. The molecule has 84 heavy (non-hydrogen) atoms. The van der Waals surface area contributed by atoms with Gasteiger partial charge in [-0.3, -0.25) is 14.4 Å². The molecule has 3 amide bonds. The lowest BCUT2D eigenvalue weighted by molar-refractivity contribution is -0.117. The van der Waals surface area contributed by atoms with Gasteiger partial charge in [0, 0.05) is 36.3 Å². The van der Waals surface area contributed by atoms with Crippen molar-refractivity contribution in [2.75, 3.05) is 16.0 Å². The summed E-state index contributed by atoms with van der Waals surface area (Å²) < 4.78 is 0. The first-order valence-electron chi connectivity index (χ1n) is 35.7. The van der Waals surface area contributed by atoms with E-state index in [4.69, 9.17) is 0 Å². The maximum absolute atomic E-state index is 13.0. The van der Waals surface area contributed by atoms with Gasteiger partial charge in [0.15, 0.2) is 0 Å². The largest absolute Gasteiger partial charge is 0.326 e. The van der Waals surface area contributed by atoms with Gasteiger partial charge in [0.1, 0.15) is 0 Å². The fourth-order valence-electron chi connectivity index (χ4n) is 12.0. The van der Waals surface area contributed by atoms with Crippen molar-refractivity contribution in [3.63, 3.8) is 0 Å². The first-order chi connectivity index (χ1) is 41.4. The van der Waals surface area contributed by atoms with Gasteiger partial charge in [-0.05, 0) is 107 Å². The van der Waals surface area contributed by atoms with Crippen LogP contribution in [0.15, 0.2) is 91.0 Å². The molecule has 0 heterocycles. The summed E-state index contributed by atoms with van der Waals surface area (Å²) in [5, 5.41) is 9.46. The zero-order valence-corrected chi connectivity index (χ0v) is 54.3. The van der Waals surface area contributed by atoms with E-state index in [0.717, 1.165) is 89.0 Å². The molecular formula is C78H123N3O3. The number of nitrogens with one attached hydrogen (secondary N) is 3. The lowest BCUT2D eigenvalue weighted by atomic mass is 9.93. The summed E-state index contributed by atoms with van der Waals surface area (Å²) in [4.78, 5) is 39.0. The molecule has 0 atom stereocenters. The Morgan fingerprint density at radius 3 is 0.536 bits per heavy atom. The number of hydrogen-bond acceptors (Lipinski definition) is 3. The molecule has 0 saturated heterocycles. The van der Waals surface area contributed by atoms with E-state index in [1.165, 1.54) is 250 Å². The lowest BCUT2D eigenvalue weighted by Gasteiger charge is -2.13. The second kappa shape index (κ2) is 49.4. The molecule has 0 radical (unpaired) electrons. The van der Waals surface area contributed by atoms with Gasteiger partial charge >= 0.3 is 0 Å². The summed E-state index contributed by atoms with van der Waals surface area (Å²) in [5.74, 6) is 0.239. The standard InChI is InChI=1S/C78H123N3O3/c1-4-7-10-13-16-19-22-25-28-31-34-37-40-43-46-49-76(82)79-73-58-52-67(53-59-73)70-64-71(68-54-60-74(61-55-68)80-77(83)50-47-44-41-38-35-32-29-26-23-20-17-14-11-8-5-2)66-72(65-70)69-56-62-75(63-57-69)81-78(84)51-48-45-42-39-36-33-30-27-24-21-18-15-12-9-6-3/h52-66H,4-51H2,1-3H3,(H,79,82)(H,80,83)(H,81,84). The van der Waals surface area contributed by atoms with Crippen LogP contribution >= 0.6 is 0 Å². The topological polar surface area (TPSA) is 87.3 Å². The molecule has 0 bridgehead atoms. The quantitative estimate of drug-likeness (QED) is 0.0385. The maximum atomic E-state index is 13.0. The Balaban J connectivity index is 1.25. The Labute approximate surface area is 515 Å². The number of rotatable bonds is 54. The molecule has 0 saturated carbocycles. The van der Waals surface area contributed by atoms with E-state index in [1.807, 2.05) is 36.4 Å². The van der Waals surface area contributed by atoms with Crippen molar-refractivity contribution < 1.29 is 14.4 Å². The second-order valence-electron chi connectivity index (χ2n) is 25.3. The Bertz CT molecular complexity index is 1970. The van der Waals surface area contributed by atoms with Crippen LogP contribution in [0.3, 0.4) is 0 Å². The Kier molecular flexibility index (Phi) is 42.2. The van der Waals surface area contributed by atoms with E-state index in [-0.39, 0.29) is 17.7 Å². The van der Waals surface area contributed by atoms with Crippen LogP contribution in [0.2, 0.25) is 0 Å². The van der Waals surface area contributed by atoms with E-state index in [0.29, 0.717) is 19.3 Å². The predicted octanol–water partition coefficient (Wildman–Crippen LogP) is 25.3. The number of carbonyl (C=O) groups is 3. The molecule has 0 aliphatic rings. The summed E-state index contributed by atoms with van der Waals surface area (Å²) in [6.07, 6.45) is 60.7. The predicted molar refractivity (Wildman–Crippen MR) is 367 cm³/mol. The van der Waals surface area contributed by atoms with E-state index in [1.54, 1.807) is 0 Å². The third-order valence-corrected chi connectivity index (χ3v) is 17.5. The van der Waals surface area contributed by atoms with E-state index in [9.17, 15) is 14.4 Å². The van der Waals surface area contributed by atoms with Gasteiger partial charge in [0.05, 0.1) is 0 Å². The number of carbonyl (C=O) groups excluding carboxylic acids is 3. The van der Waals surface area contributed by atoms with Crippen LogP contribution in [0.4, 0.5) is 17.1 Å². The lowest BCUT2D eigenvalue weighted by Crippen LogP contribution is -2.10. The Morgan fingerprint density at radius 2 is 0.369 bits per heavy atom. The van der Waals surface area contributed by atoms with Crippen molar-refractivity contribution in [3.8, 4) is 33.4 Å². The molecule has 3 N–H and O–H groups in total. The van der Waals surface area contributed by atoms with Crippen LogP contribution in [0.25, 0.3) is 33.4 Å². The molecule has 0 fully saturated rings. The van der Waals surface area contributed by atoms with E-state index < -0.39 is 0 Å². The minimum atomic E-state index is 0.0797. The summed E-state index contributed by atoms with van der Waals surface area (Å²) in [5.41, 5.74) is 8.83. The third-order valence-electron chi connectivity index (χ3n) is 17.5. The number of amides is 3. The number of benzene rings is 4. The molecule has 0 aliphatic heterocycles. The van der Waals surface area contributed by atoms with Crippen molar-refractivity contribution in [2.45, 2.75) is 329 Å². The molecule has 0 aromatic heterocycles. The molecule has 6 nitrogen and oxygen atoms in total. The number of anilines is 3. The summed E-state index contributed by atoms with van der Waals surface area (Å²) >= 11 is 0. The van der Waals surface area contributed by atoms with E-state index >= 15 is 0 Å². The average molecular weight is 1150 g/mol. The highest BCUT2D eigenvalue weighted by Crippen LogP contribution is 2.35. The highest BCUT2D eigenvalue weighted by molar-refractivity contribution is 5.93. The first-order valence-corrected chi connectivity index (χ1v) is 35.7. The highest BCUT2D eigenvalue weighted by Gasteiger charge is 2.12. The normalized spacial score (nSPS) is 11.3. The molecular weight excluding hydrogens is 1030 g/mol. The Morgan fingerprint density at radius 1 is 0.214 bits per heavy atom. The van der Waals surface area contributed by atoms with Gasteiger partial charge in [-0.15, -0.1) is 0 Å². The van der Waals surface area contributed by atoms with Crippen LogP contribution in [0.5, 0.6) is 0 Å². The minimum absolute atomic E-state index is 0.0797.